The van der Waals surface area contributed by atoms with E-state index in [1.165, 1.54) is 69.2 Å². The van der Waals surface area contributed by atoms with Gasteiger partial charge >= 0.3 is 0 Å². The van der Waals surface area contributed by atoms with Crippen molar-refractivity contribution in [1.29, 1.82) is 0 Å². The van der Waals surface area contributed by atoms with Crippen LogP contribution in [0.4, 0.5) is 0 Å². The van der Waals surface area contributed by atoms with Crippen molar-refractivity contribution in [1.82, 2.24) is 49.4 Å². The van der Waals surface area contributed by atoms with Gasteiger partial charge in [0.05, 0.1) is 126 Å². The lowest BCUT2D eigenvalue weighted by Gasteiger charge is -2.34. The highest BCUT2D eigenvalue weighted by Gasteiger charge is 2.34. The molecular formula is C50H93N11O20. The normalized spacial score (nSPS) is 15.0. The minimum absolute atomic E-state index is 0.0384. The number of hydrogen-bond donors (Lipinski definition) is 12. The zero-order valence-corrected chi connectivity index (χ0v) is 48.6. The lowest BCUT2D eigenvalue weighted by Crippen LogP contribution is -2.55. The maximum absolute atomic E-state index is 14.2. The van der Waals surface area contributed by atoms with Crippen molar-refractivity contribution in [2.75, 3.05) is 131 Å². The first kappa shape index (κ1) is 75.3. The highest BCUT2D eigenvalue weighted by Crippen LogP contribution is 2.10. The van der Waals surface area contributed by atoms with E-state index >= 15 is 0 Å². The van der Waals surface area contributed by atoms with Crippen LogP contribution in [-0.4, -0.2) is 346 Å². The van der Waals surface area contributed by atoms with Crippen molar-refractivity contribution in [3.63, 3.8) is 0 Å². The van der Waals surface area contributed by atoms with Gasteiger partial charge in [0.2, 0.25) is 59.1 Å². The maximum atomic E-state index is 14.2. The highest BCUT2D eigenvalue weighted by atomic mass is 16.3. The van der Waals surface area contributed by atoms with Gasteiger partial charge in [-0.1, -0.05) is 0 Å². The van der Waals surface area contributed by atoms with Crippen LogP contribution in [-0.2, 0) is 47.9 Å². The Morgan fingerprint density at radius 1 is 0.272 bits per heavy atom. The zero-order valence-electron chi connectivity index (χ0n) is 48.6. The average molecular weight is 1170 g/mol. The Bertz CT molecular complexity index is 2010. The van der Waals surface area contributed by atoms with Gasteiger partial charge in [-0.05, 0) is 69.2 Å². The molecule has 0 aliphatic carbocycles. The van der Waals surface area contributed by atoms with Gasteiger partial charge in [0, 0.05) is 65.4 Å². The third-order valence-electron chi connectivity index (χ3n) is 11.2. The molecule has 0 saturated heterocycles. The smallest absolute Gasteiger partial charge is 0.242 e. The van der Waals surface area contributed by atoms with Gasteiger partial charge in [-0.2, -0.15) is 0 Å². The number of nitrogens with two attached hydrogens (primary N) is 1. The number of rotatable bonds is 40. The van der Waals surface area contributed by atoms with Crippen molar-refractivity contribution in [3.8, 4) is 0 Å². The molecule has 0 aromatic carbocycles. The lowest BCUT2D eigenvalue weighted by molar-refractivity contribution is -0.151. The summed E-state index contributed by atoms with van der Waals surface area (Å²) in [6, 6.07) is 0. The fourth-order valence-electron chi connectivity index (χ4n) is 7.96. The van der Waals surface area contributed by atoms with Crippen LogP contribution < -0.4 is 11.1 Å². The minimum atomic E-state index is -1.32. The summed E-state index contributed by atoms with van der Waals surface area (Å²) >= 11 is 0. The summed E-state index contributed by atoms with van der Waals surface area (Å²) in [6.45, 7) is 1.56. The van der Waals surface area contributed by atoms with Crippen LogP contribution in [0.25, 0.3) is 0 Å². The monoisotopic (exact) mass is 1170 g/mol. The molecule has 10 atom stereocenters. The van der Waals surface area contributed by atoms with Gasteiger partial charge in [0.1, 0.15) is 0 Å². The third kappa shape index (κ3) is 33.1. The predicted octanol–water partition coefficient (Wildman–Crippen LogP) is -8.67. The van der Waals surface area contributed by atoms with E-state index in [0.717, 1.165) is 44.1 Å². The van der Waals surface area contributed by atoms with Gasteiger partial charge in [-0.15, -0.1) is 0 Å². The van der Waals surface area contributed by atoms with Gasteiger partial charge < -0.3 is 106 Å². The maximum Gasteiger partial charge on any atom is 0.242 e. The predicted molar refractivity (Wildman–Crippen MR) is 288 cm³/mol. The van der Waals surface area contributed by atoms with Crippen LogP contribution in [0, 0.1) is 0 Å². The molecule has 31 heteroatoms. The van der Waals surface area contributed by atoms with Crippen molar-refractivity contribution in [2.45, 2.75) is 130 Å². The number of hydrogen-bond acceptors (Lipinski definition) is 21. The van der Waals surface area contributed by atoms with E-state index in [9.17, 15) is 99.0 Å². The van der Waals surface area contributed by atoms with Gasteiger partial charge in [0.25, 0.3) is 0 Å². The molecule has 0 rings (SSSR count). The standard InChI is InChI=1S/C50H93N11O20/c1-31(62)11-52-12-42(73)54(14-33(3)64)23-44(75)56(16-35(5)66)25-46(77)58(18-37(7)68)27-48(79)60(20-39(9)70)29-50(81)61(21-40(10)71)30-49(80)59(19-38(8)69)28-47(78)57(17-36(6)67)26-45(76)55(15-34(4)65)24-43(74)53(13-32(2)63)22-41(51)72/h31-40,52,62-71H,11-30H2,1-10H3,(H2,51,72)/t31-,32-,33-,34-,35-,36-,37-,38-,39-,40-/m1/s1. The fraction of sp³-hybridized carbons (Fsp3) is 0.800. The van der Waals surface area contributed by atoms with Gasteiger partial charge in [-0.3, -0.25) is 47.9 Å². The van der Waals surface area contributed by atoms with E-state index in [-0.39, 0.29) is 26.2 Å². The van der Waals surface area contributed by atoms with E-state index in [1.54, 1.807) is 0 Å². The van der Waals surface area contributed by atoms with Crippen molar-refractivity contribution in [2.24, 2.45) is 5.73 Å². The number of aliphatic hydroxyl groups is 10. The number of primary amides is 1. The lowest BCUT2D eigenvalue weighted by atomic mass is 10.2. The molecule has 468 valence electrons. The van der Waals surface area contributed by atoms with Crippen LogP contribution in [0.5, 0.6) is 0 Å². The average Bonchev–Trinajstić information content (AvgIpc) is 3.30. The van der Waals surface area contributed by atoms with Gasteiger partial charge in [-0.25, -0.2) is 0 Å². The van der Waals surface area contributed by atoms with Crippen molar-refractivity contribution in [3.05, 3.63) is 0 Å². The number of amides is 10. The molecular weight excluding hydrogens is 1070 g/mol. The molecule has 0 aromatic rings. The summed E-state index contributed by atoms with van der Waals surface area (Å²) in [5.74, 6) is -9.09. The summed E-state index contributed by atoms with van der Waals surface area (Å²) in [6.07, 6.45) is -11.9. The Morgan fingerprint density at radius 3 is 0.556 bits per heavy atom. The number of carbonyl (C=O) groups is 10. The Balaban J connectivity index is 6.80. The minimum Gasteiger partial charge on any atom is -0.392 e. The molecule has 0 aromatic heterocycles. The van der Waals surface area contributed by atoms with Crippen LogP contribution >= 0.6 is 0 Å². The molecule has 10 amide bonds. The second kappa shape index (κ2) is 38.1. The largest absolute Gasteiger partial charge is 0.392 e. The van der Waals surface area contributed by atoms with E-state index in [0.29, 0.717) is 0 Å². The Kier molecular flexibility index (Phi) is 35.4. The number of carbonyl (C=O) groups excluding carboxylic acids is 10. The molecule has 81 heavy (non-hydrogen) atoms. The van der Waals surface area contributed by atoms with Gasteiger partial charge in [0.15, 0.2) is 0 Å². The summed E-state index contributed by atoms with van der Waals surface area (Å²) in [5.41, 5.74) is 5.27. The quantitative estimate of drug-likeness (QED) is 0.0271. The number of nitrogens with zero attached hydrogens (tertiary/aromatic N) is 9. The first-order valence-corrected chi connectivity index (χ1v) is 26.7. The van der Waals surface area contributed by atoms with Crippen LogP contribution in [0.1, 0.15) is 69.2 Å². The molecule has 0 aliphatic heterocycles. The second-order valence-electron chi connectivity index (χ2n) is 21.1. The first-order valence-electron chi connectivity index (χ1n) is 26.7. The number of nitrogens with one attached hydrogen (secondary N) is 1. The Labute approximate surface area is 473 Å². The molecule has 0 saturated carbocycles. The molecule has 0 unspecified atom stereocenters. The third-order valence-corrected chi connectivity index (χ3v) is 11.2. The van der Waals surface area contributed by atoms with E-state index in [1.807, 2.05) is 0 Å². The van der Waals surface area contributed by atoms with Crippen molar-refractivity contribution < 1.29 is 99.0 Å². The first-order chi connectivity index (χ1) is 37.4. The summed E-state index contributed by atoms with van der Waals surface area (Å²) in [5, 5.41) is 105. The van der Waals surface area contributed by atoms with Crippen LogP contribution in [0.3, 0.4) is 0 Å². The summed E-state index contributed by atoms with van der Waals surface area (Å²) in [4.78, 5) is 144. The molecule has 0 heterocycles. The Hall–Kier alpha value is -5.74. The second-order valence-corrected chi connectivity index (χ2v) is 21.1. The zero-order chi connectivity index (χ0) is 62.6. The Morgan fingerprint density at radius 2 is 0.420 bits per heavy atom. The molecule has 0 aliphatic rings. The molecule has 0 bridgehead atoms. The van der Waals surface area contributed by atoms with Crippen LogP contribution in [0.2, 0.25) is 0 Å². The van der Waals surface area contributed by atoms with E-state index in [4.69, 9.17) is 5.73 Å². The van der Waals surface area contributed by atoms with E-state index < -0.39 is 225 Å². The molecule has 0 radical (unpaired) electrons. The topological polar surface area (TPSA) is 440 Å². The SMILES string of the molecule is C[C@@H](O)CNCC(=O)N(CC(=O)N(CC(=O)N(CC(=O)N(CC(=O)N(CC(=O)N(CC(=O)N(CC(=O)N(CC(=O)N(CC(N)=O)C[C@@H](C)O)C[C@@H](C)O)C[C@@H](C)O)C[C@@H](C)O)C[C@@H](C)O)C[C@@H](C)O)C[C@@H](C)O)C[C@@H](C)O)C[C@@H](C)O. The molecule has 31 nitrogen and oxygen atoms in total. The van der Waals surface area contributed by atoms with E-state index in [2.05, 4.69) is 5.32 Å². The summed E-state index contributed by atoms with van der Waals surface area (Å²) in [7, 11) is 0. The van der Waals surface area contributed by atoms with Crippen LogP contribution in [0.15, 0.2) is 0 Å². The summed E-state index contributed by atoms with van der Waals surface area (Å²) < 4.78 is 0. The highest BCUT2D eigenvalue weighted by molar-refractivity contribution is 5.94. The molecule has 0 spiro atoms. The molecule has 13 N–H and O–H groups in total. The number of aliphatic hydroxyl groups excluding tert-OH is 10. The fourth-order valence-corrected chi connectivity index (χ4v) is 7.96. The van der Waals surface area contributed by atoms with Crippen molar-refractivity contribution >= 4 is 59.1 Å². The molecule has 0 fully saturated rings.